The lowest BCUT2D eigenvalue weighted by atomic mass is 10.2. The summed E-state index contributed by atoms with van der Waals surface area (Å²) >= 11 is 7.57. The summed E-state index contributed by atoms with van der Waals surface area (Å²) in [6, 6.07) is 7.96. The van der Waals surface area contributed by atoms with Gasteiger partial charge in [0.25, 0.3) is 0 Å². The molecule has 0 N–H and O–H groups in total. The lowest BCUT2D eigenvalue weighted by molar-refractivity contribution is -0.132. The number of piperazine rings is 1. The van der Waals surface area contributed by atoms with E-state index in [0.717, 1.165) is 44.8 Å². The Morgan fingerprint density at radius 3 is 2.70 bits per heavy atom. The predicted octanol–water partition coefficient (Wildman–Crippen LogP) is 3.07. The minimum atomic E-state index is 0.266. The summed E-state index contributed by atoms with van der Waals surface area (Å²) < 4.78 is 0. The molecule has 0 aromatic carbocycles. The van der Waals surface area contributed by atoms with E-state index in [1.54, 1.807) is 17.5 Å². The number of aromatic nitrogens is 1. The number of carbonyl (C=O) groups is 1. The Morgan fingerprint density at radius 1 is 1.22 bits per heavy atom. The smallest absolute Gasteiger partial charge is 0.223 e. The van der Waals surface area contributed by atoms with Crippen LogP contribution in [-0.2, 0) is 17.8 Å². The summed E-state index contributed by atoms with van der Waals surface area (Å²) in [5.41, 5.74) is 1.02. The van der Waals surface area contributed by atoms with E-state index in [4.69, 9.17) is 11.6 Å². The largest absolute Gasteiger partial charge is 0.340 e. The van der Waals surface area contributed by atoms with Crippen LogP contribution in [0.4, 0.5) is 0 Å². The van der Waals surface area contributed by atoms with E-state index in [9.17, 15) is 4.79 Å². The van der Waals surface area contributed by atoms with E-state index in [-0.39, 0.29) is 5.91 Å². The van der Waals surface area contributed by atoms with Crippen molar-refractivity contribution in [1.29, 1.82) is 0 Å². The molecule has 1 saturated heterocycles. The molecule has 23 heavy (non-hydrogen) atoms. The molecular weight excluding hydrogens is 330 g/mol. The van der Waals surface area contributed by atoms with Gasteiger partial charge in [0.15, 0.2) is 0 Å². The Bertz CT molecular complexity index is 622. The Hall–Kier alpha value is -1.43. The van der Waals surface area contributed by atoms with Crippen molar-refractivity contribution >= 4 is 28.8 Å². The first-order valence-electron chi connectivity index (χ1n) is 7.83. The van der Waals surface area contributed by atoms with E-state index in [0.29, 0.717) is 11.4 Å². The molecule has 122 valence electrons. The Morgan fingerprint density at radius 2 is 2.04 bits per heavy atom. The van der Waals surface area contributed by atoms with Gasteiger partial charge in [0.2, 0.25) is 5.91 Å². The first kappa shape index (κ1) is 16.4. The van der Waals surface area contributed by atoms with Crippen LogP contribution in [-0.4, -0.2) is 46.9 Å². The van der Waals surface area contributed by atoms with Gasteiger partial charge in [-0.05, 0) is 30.0 Å². The molecule has 2 aromatic rings. The summed E-state index contributed by atoms with van der Waals surface area (Å²) in [5.74, 6) is 0.266. The third kappa shape index (κ3) is 4.77. The van der Waals surface area contributed by atoms with E-state index >= 15 is 0 Å². The highest BCUT2D eigenvalue weighted by Crippen LogP contribution is 2.14. The van der Waals surface area contributed by atoms with E-state index < -0.39 is 0 Å². The zero-order valence-electron chi connectivity index (χ0n) is 12.9. The maximum absolute atomic E-state index is 12.3. The number of hydrogen-bond donors (Lipinski definition) is 0. The van der Waals surface area contributed by atoms with Gasteiger partial charge in [0.05, 0.1) is 10.7 Å². The van der Waals surface area contributed by atoms with Crippen LogP contribution in [0.15, 0.2) is 35.8 Å². The molecule has 0 spiro atoms. The first-order chi connectivity index (χ1) is 11.2. The van der Waals surface area contributed by atoms with Gasteiger partial charge in [-0.3, -0.25) is 14.7 Å². The second-order valence-corrected chi connectivity index (χ2v) is 7.17. The van der Waals surface area contributed by atoms with Gasteiger partial charge in [0, 0.05) is 50.2 Å². The molecule has 0 aliphatic carbocycles. The van der Waals surface area contributed by atoms with Crippen LogP contribution < -0.4 is 0 Å². The molecular formula is C17H20ClN3OS. The van der Waals surface area contributed by atoms with Crippen molar-refractivity contribution in [2.24, 2.45) is 0 Å². The van der Waals surface area contributed by atoms with Gasteiger partial charge in [-0.2, -0.15) is 0 Å². The fourth-order valence-corrected chi connectivity index (χ4v) is 3.55. The fourth-order valence-electron chi connectivity index (χ4n) is 2.73. The number of amides is 1. The molecule has 0 saturated carbocycles. The summed E-state index contributed by atoms with van der Waals surface area (Å²) in [7, 11) is 0. The van der Waals surface area contributed by atoms with Crippen LogP contribution in [0, 0.1) is 0 Å². The SMILES string of the molecule is O=C(CCc1cccs1)N1CCN(Cc2ccc(Cl)cn2)CC1. The number of aryl methyl sites for hydroxylation is 1. The van der Waals surface area contributed by atoms with Crippen molar-refractivity contribution in [2.75, 3.05) is 26.2 Å². The van der Waals surface area contributed by atoms with E-state index in [2.05, 4.69) is 21.3 Å². The average molecular weight is 350 g/mol. The van der Waals surface area contributed by atoms with Crippen LogP contribution in [0.5, 0.6) is 0 Å². The summed E-state index contributed by atoms with van der Waals surface area (Å²) in [5, 5.41) is 2.72. The molecule has 3 rings (SSSR count). The monoisotopic (exact) mass is 349 g/mol. The van der Waals surface area contributed by atoms with Crippen LogP contribution in [0.1, 0.15) is 17.0 Å². The Labute approximate surface area is 145 Å². The molecule has 1 aliphatic rings. The number of halogens is 1. The number of pyridine rings is 1. The van der Waals surface area contributed by atoms with Gasteiger partial charge in [-0.25, -0.2) is 0 Å². The number of hydrogen-bond acceptors (Lipinski definition) is 4. The highest BCUT2D eigenvalue weighted by atomic mass is 35.5. The molecule has 1 fully saturated rings. The summed E-state index contributed by atoms with van der Waals surface area (Å²) in [4.78, 5) is 22.2. The lowest BCUT2D eigenvalue weighted by Crippen LogP contribution is -2.48. The van der Waals surface area contributed by atoms with Gasteiger partial charge in [0.1, 0.15) is 0 Å². The maximum Gasteiger partial charge on any atom is 0.223 e. The van der Waals surface area contributed by atoms with Crippen molar-refractivity contribution in [3.05, 3.63) is 51.4 Å². The number of nitrogens with zero attached hydrogens (tertiary/aromatic N) is 3. The quantitative estimate of drug-likeness (QED) is 0.832. The molecule has 0 atom stereocenters. The zero-order chi connectivity index (χ0) is 16.1. The molecule has 2 aromatic heterocycles. The maximum atomic E-state index is 12.3. The van der Waals surface area contributed by atoms with Crippen molar-refractivity contribution in [1.82, 2.24) is 14.8 Å². The third-order valence-electron chi connectivity index (χ3n) is 4.06. The van der Waals surface area contributed by atoms with Crippen LogP contribution >= 0.6 is 22.9 Å². The van der Waals surface area contributed by atoms with Crippen molar-refractivity contribution in [2.45, 2.75) is 19.4 Å². The first-order valence-corrected chi connectivity index (χ1v) is 9.09. The van der Waals surface area contributed by atoms with Gasteiger partial charge < -0.3 is 4.90 Å². The highest BCUT2D eigenvalue weighted by Gasteiger charge is 2.21. The fraction of sp³-hybridized carbons (Fsp3) is 0.412. The Balaban J connectivity index is 1.42. The Kier molecular flexibility index (Phi) is 5.65. The number of carbonyl (C=O) groups excluding carboxylic acids is 1. The molecule has 0 bridgehead atoms. The van der Waals surface area contributed by atoms with Crippen molar-refractivity contribution in [3.8, 4) is 0 Å². The zero-order valence-corrected chi connectivity index (χ0v) is 14.5. The standard InChI is InChI=1S/C17H20ClN3OS/c18-14-3-4-15(19-12-14)13-20-7-9-21(10-8-20)17(22)6-5-16-2-1-11-23-16/h1-4,11-12H,5-10,13H2. The molecule has 3 heterocycles. The van der Waals surface area contributed by atoms with E-state index in [1.165, 1.54) is 4.88 Å². The number of rotatable bonds is 5. The molecule has 1 aliphatic heterocycles. The second-order valence-electron chi connectivity index (χ2n) is 5.70. The summed E-state index contributed by atoms with van der Waals surface area (Å²) in [6.45, 7) is 4.21. The van der Waals surface area contributed by atoms with Crippen molar-refractivity contribution < 1.29 is 4.79 Å². The topological polar surface area (TPSA) is 36.4 Å². The van der Waals surface area contributed by atoms with E-state index in [1.807, 2.05) is 23.1 Å². The lowest BCUT2D eigenvalue weighted by Gasteiger charge is -2.34. The molecule has 4 nitrogen and oxygen atoms in total. The van der Waals surface area contributed by atoms with Crippen LogP contribution in [0.2, 0.25) is 5.02 Å². The van der Waals surface area contributed by atoms with Crippen LogP contribution in [0.25, 0.3) is 0 Å². The van der Waals surface area contributed by atoms with Gasteiger partial charge in [-0.15, -0.1) is 11.3 Å². The minimum absolute atomic E-state index is 0.266. The predicted molar refractivity (Wildman–Crippen MR) is 93.7 cm³/mol. The molecule has 1 amide bonds. The second kappa shape index (κ2) is 7.90. The van der Waals surface area contributed by atoms with Gasteiger partial charge >= 0.3 is 0 Å². The molecule has 0 radical (unpaired) electrons. The minimum Gasteiger partial charge on any atom is -0.340 e. The van der Waals surface area contributed by atoms with Crippen LogP contribution in [0.3, 0.4) is 0 Å². The van der Waals surface area contributed by atoms with Crippen molar-refractivity contribution in [3.63, 3.8) is 0 Å². The molecule has 0 unspecified atom stereocenters. The normalized spacial score (nSPS) is 15.8. The molecule has 6 heteroatoms. The van der Waals surface area contributed by atoms with Gasteiger partial charge in [-0.1, -0.05) is 17.7 Å². The highest BCUT2D eigenvalue weighted by molar-refractivity contribution is 7.09. The summed E-state index contributed by atoms with van der Waals surface area (Å²) in [6.07, 6.45) is 3.14. The third-order valence-corrected chi connectivity index (χ3v) is 5.22. The number of thiophene rings is 1. The average Bonchev–Trinajstić information content (AvgIpc) is 3.09.